The van der Waals surface area contributed by atoms with Crippen LogP contribution in [0, 0.1) is 11.2 Å². The smallest absolute Gasteiger partial charge is 0.147 e. The summed E-state index contributed by atoms with van der Waals surface area (Å²) in [4.78, 5) is 1.79. The van der Waals surface area contributed by atoms with Gasteiger partial charge in [0.25, 0.3) is 0 Å². The Kier molecular flexibility index (Phi) is 4.42. The average molecular weight is 287 g/mol. The van der Waals surface area contributed by atoms with Crippen LogP contribution in [-0.2, 0) is 6.54 Å². The van der Waals surface area contributed by atoms with Crippen molar-refractivity contribution < 1.29 is 9.13 Å². The molecule has 0 fully saturated rings. The summed E-state index contributed by atoms with van der Waals surface area (Å²) in [6.07, 6.45) is 0. The van der Waals surface area contributed by atoms with Gasteiger partial charge >= 0.3 is 0 Å². The number of hydrogen-bond donors (Lipinski definition) is 2. The van der Waals surface area contributed by atoms with Crippen molar-refractivity contribution >= 4 is 11.5 Å². The van der Waals surface area contributed by atoms with Gasteiger partial charge in [0.2, 0.25) is 0 Å². The van der Waals surface area contributed by atoms with Gasteiger partial charge in [-0.2, -0.15) is 0 Å². The molecule has 0 aromatic heterocycles. The van der Waals surface area contributed by atoms with Gasteiger partial charge in [-0.3, -0.25) is 5.41 Å². The highest BCUT2D eigenvalue weighted by molar-refractivity contribution is 5.95. The average Bonchev–Trinajstić information content (AvgIpc) is 2.47. The fourth-order valence-electron chi connectivity index (χ4n) is 2.16. The van der Waals surface area contributed by atoms with Crippen LogP contribution >= 0.6 is 0 Å². The maximum Gasteiger partial charge on any atom is 0.147 e. The number of nitrogen functional groups attached to an aromatic ring is 1. The molecule has 2 rings (SSSR count). The minimum atomic E-state index is -0.403. The standard InChI is InChI=1S/C16H18FN3O/c1-20(10-12-5-3-4-6-15(12)21-2)14-8-7-11(16(18)19)9-13(14)17/h3-9H,10H2,1-2H3,(H3,18,19). The Morgan fingerprint density at radius 2 is 2.00 bits per heavy atom. The predicted molar refractivity (Wildman–Crippen MR) is 82.5 cm³/mol. The van der Waals surface area contributed by atoms with Gasteiger partial charge in [-0.25, -0.2) is 4.39 Å². The maximum absolute atomic E-state index is 14.1. The number of nitrogens with zero attached hydrogens (tertiary/aromatic N) is 1. The van der Waals surface area contributed by atoms with Gasteiger partial charge in [-0.1, -0.05) is 18.2 Å². The Labute approximate surface area is 123 Å². The van der Waals surface area contributed by atoms with Crippen molar-refractivity contribution in [2.45, 2.75) is 6.54 Å². The largest absolute Gasteiger partial charge is 0.496 e. The summed E-state index contributed by atoms with van der Waals surface area (Å²) in [5.41, 5.74) is 7.15. The van der Waals surface area contributed by atoms with Gasteiger partial charge in [0, 0.05) is 24.7 Å². The Hall–Kier alpha value is -2.56. The Bertz CT molecular complexity index is 658. The van der Waals surface area contributed by atoms with E-state index in [4.69, 9.17) is 15.9 Å². The molecule has 4 nitrogen and oxygen atoms in total. The van der Waals surface area contributed by atoms with Crippen LogP contribution < -0.4 is 15.4 Å². The third-order valence-electron chi connectivity index (χ3n) is 3.27. The molecule has 0 bridgehead atoms. The summed E-state index contributed by atoms with van der Waals surface area (Å²) >= 11 is 0. The van der Waals surface area contributed by atoms with Crippen LogP contribution in [0.1, 0.15) is 11.1 Å². The van der Waals surface area contributed by atoms with Crippen LogP contribution in [-0.4, -0.2) is 20.0 Å². The highest BCUT2D eigenvalue weighted by Crippen LogP contribution is 2.24. The Morgan fingerprint density at radius 3 is 2.62 bits per heavy atom. The molecule has 0 spiro atoms. The molecule has 2 aromatic carbocycles. The zero-order valence-corrected chi connectivity index (χ0v) is 12.1. The highest BCUT2D eigenvalue weighted by atomic mass is 19.1. The molecule has 2 aromatic rings. The first-order chi connectivity index (χ1) is 10.0. The Morgan fingerprint density at radius 1 is 1.29 bits per heavy atom. The molecular weight excluding hydrogens is 269 g/mol. The highest BCUT2D eigenvalue weighted by Gasteiger charge is 2.12. The number of amidine groups is 1. The molecule has 0 aliphatic heterocycles. The molecule has 110 valence electrons. The molecule has 0 unspecified atom stereocenters. The number of benzene rings is 2. The number of hydrogen-bond acceptors (Lipinski definition) is 3. The van der Waals surface area contributed by atoms with Crippen molar-refractivity contribution in [3.05, 3.63) is 59.4 Å². The summed E-state index contributed by atoms with van der Waals surface area (Å²) in [6, 6.07) is 12.2. The quantitative estimate of drug-likeness (QED) is 0.656. The van der Waals surface area contributed by atoms with Gasteiger partial charge in [0.15, 0.2) is 0 Å². The lowest BCUT2D eigenvalue weighted by Crippen LogP contribution is -2.19. The van der Waals surface area contributed by atoms with Crippen LogP contribution in [0.25, 0.3) is 0 Å². The molecule has 5 heteroatoms. The van der Waals surface area contributed by atoms with Gasteiger partial charge in [0.05, 0.1) is 12.8 Å². The van der Waals surface area contributed by atoms with Crippen molar-refractivity contribution in [3.63, 3.8) is 0 Å². The van der Waals surface area contributed by atoms with Crippen LogP contribution in [0.4, 0.5) is 10.1 Å². The second-order valence-corrected chi connectivity index (χ2v) is 4.75. The number of rotatable bonds is 5. The zero-order valence-electron chi connectivity index (χ0n) is 12.1. The minimum Gasteiger partial charge on any atom is -0.496 e. The van der Waals surface area contributed by atoms with E-state index in [0.717, 1.165) is 11.3 Å². The molecular formula is C16H18FN3O. The van der Waals surface area contributed by atoms with E-state index in [-0.39, 0.29) is 5.84 Å². The van der Waals surface area contributed by atoms with Crippen molar-refractivity contribution in [2.75, 3.05) is 19.1 Å². The van der Waals surface area contributed by atoms with E-state index in [9.17, 15) is 4.39 Å². The minimum absolute atomic E-state index is 0.146. The normalized spacial score (nSPS) is 10.2. The molecule has 0 amide bonds. The summed E-state index contributed by atoms with van der Waals surface area (Å²) < 4.78 is 19.4. The van der Waals surface area contributed by atoms with Gasteiger partial charge in [0.1, 0.15) is 17.4 Å². The van der Waals surface area contributed by atoms with E-state index in [1.165, 1.54) is 6.07 Å². The van der Waals surface area contributed by atoms with E-state index in [1.807, 2.05) is 24.3 Å². The van der Waals surface area contributed by atoms with E-state index >= 15 is 0 Å². The number of anilines is 1. The third-order valence-corrected chi connectivity index (χ3v) is 3.27. The Balaban J connectivity index is 2.24. The number of nitrogens with two attached hydrogens (primary N) is 1. The number of nitrogens with one attached hydrogen (secondary N) is 1. The first-order valence-corrected chi connectivity index (χ1v) is 6.50. The van der Waals surface area contributed by atoms with Crippen molar-refractivity contribution in [2.24, 2.45) is 5.73 Å². The number of ether oxygens (including phenoxy) is 1. The molecule has 0 aliphatic rings. The zero-order chi connectivity index (χ0) is 15.4. The SMILES string of the molecule is COc1ccccc1CN(C)c1ccc(C(=N)N)cc1F. The number of para-hydroxylation sites is 1. The fourth-order valence-corrected chi connectivity index (χ4v) is 2.16. The van der Waals surface area contributed by atoms with Crippen LogP contribution in [0.5, 0.6) is 5.75 Å². The third kappa shape index (κ3) is 3.31. The first-order valence-electron chi connectivity index (χ1n) is 6.50. The van der Waals surface area contributed by atoms with Crippen LogP contribution in [0.3, 0.4) is 0 Å². The monoisotopic (exact) mass is 287 g/mol. The molecule has 3 N–H and O–H groups in total. The summed E-state index contributed by atoms with van der Waals surface area (Å²) in [5.74, 6) is 0.220. The second kappa shape index (κ2) is 6.26. The van der Waals surface area contributed by atoms with Gasteiger partial charge in [-0.15, -0.1) is 0 Å². The molecule has 0 radical (unpaired) electrons. The molecule has 0 aliphatic carbocycles. The van der Waals surface area contributed by atoms with Crippen molar-refractivity contribution in [1.29, 1.82) is 5.41 Å². The number of halogens is 1. The lowest BCUT2D eigenvalue weighted by Gasteiger charge is -2.21. The van der Waals surface area contributed by atoms with E-state index in [1.54, 1.807) is 31.2 Å². The predicted octanol–water partition coefficient (Wildman–Crippen LogP) is 2.75. The molecule has 21 heavy (non-hydrogen) atoms. The van der Waals surface area contributed by atoms with E-state index in [0.29, 0.717) is 17.8 Å². The molecule has 0 saturated carbocycles. The van der Waals surface area contributed by atoms with E-state index in [2.05, 4.69) is 0 Å². The molecule has 0 heterocycles. The van der Waals surface area contributed by atoms with Crippen molar-refractivity contribution in [3.8, 4) is 5.75 Å². The summed E-state index contributed by atoms with van der Waals surface area (Å²) in [7, 11) is 3.42. The van der Waals surface area contributed by atoms with Gasteiger partial charge < -0.3 is 15.4 Å². The molecule has 0 saturated heterocycles. The van der Waals surface area contributed by atoms with Gasteiger partial charge in [-0.05, 0) is 24.3 Å². The summed E-state index contributed by atoms with van der Waals surface area (Å²) in [5, 5.41) is 7.32. The second-order valence-electron chi connectivity index (χ2n) is 4.75. The first kappa shape index (κ1) is 14.8. The van der Waals surface area contributed by atoms with E-state index < -0.39 is 5.82 Å². The lowest BCUT2D eigenvalue weighted by molar-refractivity contribution is 0.409. The topological polar surface area (TPSA) is 62.3 Å². The lowest BCUT2D eigenvalue weighted by atomic mass is 10.1. The fraction of sp³-hybridized carbons (Fsp3) is 0.188. The number of methoxy groups -OCH3 is 1. The van der Waals surface area contributed by atoms with Crippen LogP contribution in [0.15, 0.2) is 42.5 Å². The maximum atomic E-state index is 14.1. The van der Waals surface area contributed by atoms with Crippen LogP contribution in [0.2, 0.25) is 0 Å². The molecule has 0 atom stereocenters. The van der Waals surface area contributed by atoms with Crippen molar-refractivity contribution in [1.82, 2.24) is 0 Å². The summed E-state index contributed by atoms with van der Waals surface area (Å²) in [6.45, 7) is 0.514.